The molecule has 1 aliphatic heterocycles. The van der Waals surface area contributed by atoms with Crippen molar-refractivity contribution in [2.24, 2.45) is 22.2 Å². The maximum Gasteiger partial charge on any atom is 0.191 e. The Labute approximate surface area is 135 Å². The molecule has 3 aliphatic rings. The second kappa shape index (κ2) is 6.38. The highest BCUT2D eigenvalue weighted by Gasteiger charge is 2.58. The van der Waals surface area contributed by atoms with Gasteiger partial charge in [-0.05, 0) is 31.6 Å². The van der Waals surface area contributed by atoms with Crippen LogP contribution in [0.15, 0.2) is 4.99 Å². The first-order chi connectivity index (χ1) is 10.5. The van der Waals surface area contributed by atoms with Gasteiger partial charge in [0.2, 0.25) is 0 Å². The largest absolute Gasteiger partial charge is 0.377 e. The Morgan fingerprint density at radius 3 is 2.68 bits per heavy atom. The van der Waals surface area contributed by atoms with E-state index in [1.165, 1.54) is 38.5 Å². The number of nitrogens with zero attached hydrogens (tertiary/aromatic N) is 1. The molecular weight excluding hydrogens is 274 g/mol. The molecule has 0 bridgehead atoms. The Hall–Kier alpha value is -0.770. The highest BCUT2D eigenvalue weighted by Crippen LogP contribution is 2.51. The van der Waals surface area contributed by atoms with Gasteiger partial charge in [0.15, 0.2) is 5.96 Å². The topological polar surface area (TPSA) is 45.7 Å². The van der Waals surface area contributed by atoms with E-state index in [1.807, 2.05) is 7.05 Å². The molecule has 0 aromatic carbocycles. The van der Waals surface area contributed by atoms with Crippen molar-refractivity contribution in [3.63, 3.8) is 0 Å². The second-order valence-electron chi connectivity index (χ2n) is 8.23. The van der Waals surface area contributed by atoms with Crippen molar-refractivity contribution in [1.82, 2.24) is 10.6 Å². The summed E-state index contributed by atoms with van der Waals surface area (Å²) in [6.07, 6.45) is 8.15. The number of guanidine groups is 1. The fraction of sp³-hybridized carbons (Fsp3) is 0.944. The van der Waals surface area contributed by atoms with Crippen LogP contribution < -0.4 is 10.6 Å². The quantitative estimate of drug-likeness (QED) is 0.609. The van der Waals surface area contributed by atoms with Crippen molar-refractivity contribution in [3.8, 4) is 0 Å². The van der Waals surface area contributed by atoms with Crippen LogP contribution in [0.1, 0.15) is 59.3 Å². The Morgan fingerprint density at radius 2 is 1.95 bits per heavy atom. The molecule has 4 heteroatoms. The highest BCUT2D eigenvalue weighted by molar-refractivity contribution is 5.80. The van der Waals surface area contributed by atoms with Gasteiger partial charge in [0.05, 0.1) is 6.10 Å². The maximum atomic E-state index is 6.00. The van der Waals surface area contributed by atoms with Crippen LogP contribution in [0.25, 0.3) is 0 Å². The second-order valence-corrected chi connectivity index (χ2v) is 8.23. The zero-order valence-electron chi connectivity index (χ0n) is 14.7. The van der Waals surface area contributed by atoms with E-state index in [2.05, 4.69) is 36.4 Å². The zero-order valence-corrected chi connectivity index (χ0v) is 14.7. The van der Waals surface area contributed by atoms with Gasteiger partial charge in [-0.3, -0.25) is 4.99 Å². The average Bonchev–Trinajstić information content (AvgIpc) is 2.51. The van der Waals surface area contributed by atoms with Crippen LogP contribution in [0.2, 0.25) is 0 Å². The summed E-state index contributed by atoms with van der Waals surface area (Å²) in [6, 6.07) is 1.06. The van der Waals surface area contributed by atoms with E-state index in [1.54, 1.807) is 0 Å². The lowest BCUT2D eigenvalue weighted by Gasteiger charge is -2.60. The van der Waals surface area contributed by atoms with Gasteiger partial charge in [0.25, 0.3) is 0 Å². The average molecular weight is 307 g/mol. The van der Waals surface area contributed by atoms with E-state index in [0.717, 1.165) is 18.5 Å². The van der Waals surface area contributed by atoms with E-state index in [-0.39, 0.29) is 5.41 Å². The summed E-state index contributed by atoms with van der Waals surface area (Å²) in [6.45, 7) is 7.95. The summed E-state index contributed by atoms with van der Waals surface area (Å²) in [5.41, 5.74) is 0.197. The smallest absolute Gasteiger partial charge is 0.191 e. The van der Waals surface area contributed by atoms with Gasteiger partial charge in [-0.2, -0.15) is 0 Å². The minimum atomic E-state index is 0.197. The summed E-state index contributed by atoms with van der Waals surface area (Å²) >= 11 is 0. The first kappa shape index (κ1) is 16.1. The van der Waals surface area contributed by atoms with E-state index in [9.17, 15) is 0 Å². The van der Waals surface area contributed by atoms with E-state index >= 15 is 0 Å². The van der Waals surface area contributed by atoms with Crippen molar-refractivity contribution >= 4 is 5.96 Å². The summed E-state index contributed by atoms with van der Waals surface area (Å²) < 4.78 is 6.00. The Kier molecular flexibility index (Phi) is 4.67. The molecule has 3 fully saturated rings. The van der Waals surface area contributed by atoms with Crippen LogP contribution in [0.3, 0.4) is 0 Å². The Bertz CT molecular complexity index is 421. The number of hydrogen-bond donors (Lipinski definition) is 2. The molecule has 2 saturated carbocycles. The molecule has 4 nitrogen and oxygen atoms in total. The molecule has 2 N–H and O–H groups in total. The molecule has 0 radical (unpaired) electrons. The van der Waals surface area contributed by atoms with Gasteiger partial charge in [0, 0.05) is 37.1 Å². The molecule has 0 aromatic rings. The molecule has 0 amide bonds. The first-order valence-electron chi connectivity index (χ1n) is 9.14. The van der Waals surface area contributed by atoms with Crippen LogP contribution in [-0.4, -0.2) is 37.8 Å². The monoisotopic (exact) mass is 307 g/mol. The molecule has 0 spiro atoms. The van der Waals surface area contributed by atoms with Crippen molar-refractivity contribution in [1.29, 1.82) is 0 Å². The predicted molar refractivity (Wildman–Crippen MR) is 91.1 cm³/mol. The number of nitrogens with one attached hydrogen (secondary N) is 2. The zero-order chi connectivity index (χ0) is 15.7. The van der Waals surface area contributed by atoms with Crippen molar-refractivity contribution in [3.05, 3.63) is 0 Å². The fourth-order valence-corrected chi connectivity index (χ4v) is 4.89. The summed E-state index contributed by atoms with van der Waals surface area (Å²) in [5, 5.41) is 7.38. The molecule has 5 unspecified atom stereocenters. The highest BCUT2D eigenvalue weighted by atomic mass is 16.5. The summed E-state index contributed by atoms with van der Waals surface area (Å²) in [7, 11) is 1.89. The lowest BCUT2D eigenvalue weighted by molar-refractivity contribution is -0.188. The fourth-order valence-electron chi connectivity index (χ4n) is 4.89. The normalized spacial score (nSPS) is 41.3. The minimum Gasteiger partial charge on any atom is -0.377 e. The van der Waals surface area contributed by atoms with Gasteiger partial charge in [-0.15, -0.1) is 0 Å². The van der Waals surface area contributed by atoms with Crippen LogP contribution in [0, 0.1) is 17.3 Å². The van der Waals surface area contributed by atoms with E-state index in [0.29, 0.717) is 24.1 Å². The van der Waals surface area contributed by atoms with Gasteiger partial charge in [-0.1, -0.05) is 33.6 Å². The molecule has 1 heterocycles. The van der Waals surface area contributed by atoms with Crippen LogP contribution in [-0.2, 0) is 4.74 Å². The number of aliphatic imine (C=N–C) groups is 1. The van der Waals surface area contributed by atoms with Crippen molar-refractivity contribution in [2.75, 3.05) is 13.7 Å². The molecule has 22 heavy (non-hydrogen) atoms. The predicted octanol–water partition coefficient (Wildman–Crippen LogP) is 2.93. The molecule has 3 rings (SSSR count). The van der Waals surface area contributed by atoms with E-state index < -0.39 is 0 Å². The molecular formula is C18H33N3O. The summed E-state index contributed by atoms with van der Waals surface area (Å²) in [5.74, 6) is 2.47. The SMILES string of the molecule is CN=C(NC1CCCC(C)C1)NC1C2CCCOC2C1(C)C. The third-order valence-corrected chi connectivity index (χ3v) is 6.12. The number of hydrogen-bond acceptors (Lipinski definition) is 2. The third kappa shape index (κ3) is 2.99. The third-order valence-electron chi connectivity index (χ3n) is 6.12. The number of rotatable bonds is 2. The van der Waals surface area contributed by atoms with Gasteiger partial charge >= 0.3 is 0 Å². The van der Waals surface area contributed by atoms with Crippen LogP contribution in [0.4, 0.5) is 0 Å². The maximum absolute atomic E-state index is 6.00. The Balaban J connectivity index is 1.58. The molecule has 0 aromatic heterocycles. The number of fused-ring (bicyclic) bond motifs is 1. The first-order valence-corrected chi connectivity index (χ1v) is 9.14. The van der Waals surface area contributed by atoms with Gasteiger partial charge < -0.3 is 15.4 Å². The minimum absolute atomic E-state index is 0.197. The van der Waals surface area contributed by atoms with Crippen molar-refractivity contribution in [2.45, 2.75) is 77.5 Å². The van der Waals surface area contributed by atoms with Crippen molar-refractivity contribution < 1.29 is 4.74 Å². The number of ether oxygens (including phenoxy) is 1. The van der Waals surface area contributed by atoms with Crippen LogP contribution in [0.5, 0.6) is 0 Å². The molecule has 2 aliphatic carbocycles. The lowest BCUT2D eigenvalue weighted by Crippen LogP contribution is -2.71. The molecule has 1 saturated heterocycles. The Morgan fingerprint density at radius 1 is 1.14 bits per heavy atom. The molecule has 126 valence electrons. The van der Waals surface area contributed by atoms with E-state index in [4.69, 9.17) is 4.74 Å². The standard InChI is InChI=1S/C18H33N3O/c1-12-7-5-8-13(11-12)20-17(19-4)21-15-14-9-6-10-22-16(14)18(15,2)3/h12-16H,5-11H2,1-4H3,(H2,19,20,21). The summed E-state index contributed by atoms with van der Waals surface area (Å²) in [4.78, 5) is 4.49. The molecule has 5 atom stereocenters. The van der Waals surface area contributed by atoms with Gasteiger partial charge in [-0.25, -0.2) is 0 Å². The van der Waals surface area contributed by atoms with Gasteiger partial charge in [0.1, 0.15) is 0 Å². The lowest BCUT2D eigenvalue weighted by atomic mass is 9.55. The van der Waals surface area contributed by atoms with Crippen LogP contribution >= 0.6 is 0 Å².